The summed E-state index contributed by atoms with van der Waals surface area (Å²) in [6.45, 7) is 0. The van der Waals surface area contributed by atoms with E-state index >= 15 is 0 Å². The zero-order chi connectivity index (χ0) is 14.7. The molecule has 0 aromatic heterocycles. The smallest absolute Gasteiger partial charge is 0.271 e. The monoisotopic (exact) mass is 336 g/mol. The average molecular weight is 337 g/mol. The lowest BCUT2D eigenvalue weighted by Crippen LogP contribution is -2.12. The normalized spacial score (nSPS) is 10.1. The van der Waals surface area contributed by atoms with E-state index in [0.29, 0.717) is 10.2 Å². The lowest BCUT2D eigenvalue weighted by atomic mass is 10.2. The third-order valence-electron chi connectivity index (χ3n) is 2.48. The first-order valence-electron chi connectivity index (χ1n) is 5.51. The van der Waals surface area contributed by atoms with E-state index in [-0.39, 0.29) is 17.0 Å². The van der Waals surface area contributed by atoms with E-state index in [1.807, 2.05) is 0 Å². The van der Waals surface area contributed by atoms with Gasteiger partial charge in [-0.25, -0.2) is 0 Å². The van der Waals surface area contributed by atoms with Crippen LogP contribution in [-0.2, 0) is 0 Å². The van der Waals surface area contributed by atoms with Gasteiger partial charge in [0.05, 0.1) is 4.92 Å². The van der Waals surface area contributed by atoms with Crippen LogP contribution >= 0.6 is 15.9 Å². The molecule has 2 rings (SSSR count). The van der Waals surface area contributed by atoms with E-state index in [4.69, 9.17) is 5.11 Å². The van der Waals surface area contributed by atoms with Crippen LogP contribution in [0.2, 0.25) is 0 Å². The number of hydrogen-bond donors (Lipinski definition) is 2. The second-order valence-corrected chi connectivity index (χ2v) is 4.87. The summed E-state index contributed by atoms with van der Waals surface area (Å²) in [6.07, 6.45) is 0. The number of phenolic OH excluding ortho intramolecular Hbond substituents is 1. The molecule has 0 aliphatic rings. The molecule has 0 fully saturated rings. The number of nitro groups is 1. The Hall–Kier alpha value is -2.41. The Morgan fingerprint density at radius 1 is 1.20 bits per heavy atom. The van der Waals surface area contributed by atoms with Crippen LogP contribution in [0, 0.1) is 10.1 Å². The second-order valence-electron chi connectivity index (χ2n) is 3.96. The first-order chi connectivity index (χ1) is 9.45. The molecule has 0 bridgehead atoms. The van der Waals surface area contributed by atoms with Crippen molar-refractivity contribution in [3.8, 4) is 5.75 Å². The molecule has 2 aromatic carbocycles. The molecule has 2 N–H and O–H groups in total. The molecule has 7 heteroatoms. The van der Waals surface area contributed by atoms with Crippen LogP contribution in [0.5, 0.6) is 5.75 Å². The molecule has 0 aliphatic heterocycles. The maximum Gasteiger partial charge on any atom is 0.271 e. The van der Waals surface area contributed by atoms with Crippen molar-refractivity contribution in [3.05, 3.63) is 62.6 Å². The van der Waals surface area contributed by atoms with E-state index in [1.54, 1.807) is 0 Å². The summed E-state index contributed by atoms with van der Waals surface area (Å²) < 4.78 is 0.447. The molecule has 20 heavy (non-hydrogen) atoms. The minimum atomic E-state index is -0.567. The Morgan fingerprint density at radius 3 is 2.45 bits per heavy atom. The van der Waals surface area contributed by atoms with Crippen LogP contribution in [0.15, 0.2) is 46.9 Å². The summed E-state index contributed by atoms with van der Waals surface area (Å²) in [7, 11) is 0. The summed E-state index contributed by atoms with van der Waals surface area (Å²) >= 11 is 3.13. The average Bonchev–Trinajstić information content (AvgIpc) is 2.40. The van der Waals surface area contributed by atoms with Gasteiger partial charge in [-0.1, -0.05) is 15.9 Å². The van der Waals surface area contributed by atoms with Crippen LogP contribution in [0.25, 0.3) is 0 Å². The van der Waals surface area contributed by atoms with Gasteiger partial charge in [0.15, 0.2) is 0 Å². The SMILES string of the molecule is O=C(Nc1ccc(O)cc1)c1cc(Br)cc([N+](=O)[O-])c1. The number of nitro benzene ring substituents is 1. The molecule has 0 saturated carbocycles. The highest BCUT2D eigenvalue weighted by Gasteiger charge is 2.14. The fourth-order valence-corrected chi connectivity index (χ4v) is 2.04. The van der Waals surface area contributed by atoms with Gasteiger partial charge in [0.25, 0.3) is 11.6 Å². The van der Waals surface area contributed by atoms with Gasteiger partial charge in [0.1, 0.15) is 5.75 Å². The maximum absolute atomic E-state index is 12.0. The van der Waals surface area contributed by atoms with E-state index in [1.165, 1.54) is 42.5 Å². The first-order valence-corrected chi connectivity index (χ1v) is 6.30. The first kappa shape index (κ1) is 14.0. The molecule has 102 valence electrons. The number of benzene rings is 2. The van der Waals surface area contributed by atoms with E-state index < -0.39 is 10.8 Å². The van der Waals surface area contributed by atoms with Crippen LogP contribution in [0.1, 0.15) is 10.4 Å². The van der Waals surface area contributed by atoms with Crippen LogP contribution < -0.4 is 5.32 Å². The van der Waals surface area contributed by atoms with E-state index in [0.717, 1.165) is 0 Å². The van der Waals surface area contributed by atoms with Crippen LogP contribution in [-0.4, -0.2) is 15.9 Å². The van der Waals surface area contributed by atoms with Crippen LogP contribution in [0.3, 0.4) is 0 Å². The van der Waals surface area contributed by atoms with Crippen molar-refractivity contribution in [1.82, 2.24) is 0 Å². The van der Waals surface area contributed by atoms with Gasteiger partial charge in [-0.15, -0.1) is 0 Å². The Morgan fingerprint density at radius 2 is 1.85 bits per heavy atom. The van der Waals surface area contributed by atoms with Gasteiger partial charge in [0, 0.05) is 27.9 Å². The molecule has 0 heterocycles. The lowest BCUT2D eigenvalue weighted by molar-refractivity contribution is -0.384. The fourth-order valence-electron chi connectivity index (χ4n) is 1.56. The largest absolute Gasteiger partial charge is 0.508 e. The Labute approximate surface area is 122 Å². The third-order valence-corrected chi connectivity index (χ3v) is 2.94. The van der Waals surface area contributed by atoms with E-state index in [9.17, 15) is 14.9 Å². The predicted octanol–water partition coefficient (Wildman–Crippen LogP) is 3.32. The molecule has 6 nitrogen and oxygen atoms in total. The van der Waals surface area contributed by atoms with Crippen molar-refractivity contribution in [2.75, 3.05) is 5.32 Å². The Bertz CT molecular complexity index is 671. The minimum absolute atomic E-state index is 0.0843. The second kappa shape index (κ2) is 5.70. The number of halogens is 1. The summed E-state index contributed by atoms with van der Waals surface area (Å²) in [5.74, 6) is -0.388. The maximum atomic E-state index is 12.0. The van der Waals surface area contributed by atoms with Crippen molar-refractivity contribution in [2.24, 2.45) is 0 Å². The van der Waals surface area contributed by atoms with Gasteiger partial charge in [0.2, 0.25) is 0 Å². The summed E-state index contributed by atoms with van der Waals surface area (Å²) in [5.41, 5.74) is 0.477. The number of amides is 1. The number of nitrogens with one attached hydrogen (secondary N) is 1. The third kappa shape index (κ3) is 3.33. The van der Waals surface area contributed by atoms with Gasteiger partial charge < -0.3 is 10.4 Å². The Kier molecular flexibility index (Phi) is 3.99. The summed E-state index contributed by atoms with van der Waals surface area (Å²) in [6, 6.07) is 9.91. The Balaban J connectivity index is 2.25. The number of carbonyl (C=O) groups is 1. The zero-order valence-corrected chi connectivity index (χ0v) is 11.6. The number of anilines is 1. The van der Waals surface area contributed by atoms with Crippen molar-refractivity contribution < 1.29 is 14.8 Å². The number of rotatable bonds is 3. The van der Waals surface area contributed by atoms with Gasteiger partial charge in [-0.05, 0) is 30.3 Å². The number of carbonyl (C=O) groups excluding carboxylic acids is 1. The predicted molar refractivity (Wildman–Crippen MR) is 76.9 cm³/mol. The number of phenols is 1. The molecule has 0 aliphatic carbocycles. The zero-order valence-electron chi connectivity index (χ0n) is 10.0. The number of hydrogen-bond acceptors (Lipinski definition) is 4. The molecule has 0 radical (unpaired) electrons. The topological polar surface area (TPSA) is 92.5 Å². The van der Waals surface area contributed by atoms with Crippen molar-refractivity contribution in [3.63, 3.8) is 0 Å². The summed E-state index contributed by atoms with van der Waals surface area (Å²) in [5, 5.41) is 22.5. The van der Waals surface area contributed by atoms with Crippen molar-refractivity contribution >= 4 is 33.2 Å². The molecule has 2 aromatic rings. The van der Waals surface area contributed by atoms with Crippen molar-refractivity contribution in [1.29, 1.82) is 0 Å². The van der Waals surface area contributed by atoms with Crippen molar-refractivity contribution in [2.45, 2.75) is 0 Å². The molecular weight excluding hydrogens is 328 g/mol. The van der Waals surface area contributed by atoms with Gasteiger partial charge in [-0.3, -0.25) is 14.9 Å². The number of aromatic hydroxyl groups is 1. The summed E-state index contributed by atoms with van der Waals surface area (Å²) in [4.78, 5) is 22.2. The molecule has 0 spiro atoms. The van der Waals surface area contributed by atoms with Gasteiger partial charge >= 0.3 is 0 Å². The molecular formula is C13H9BrN2O4. The standard InChI is InChI=1S/C13H9BrN2O4/c14-9-5-8(6-11(7-9)16(19)20)13(18)15-10-1-3-12(17)4-2-10/h1-7,17H,(H,15,18). The molecule has 0 saturated heterocycles. The minimum Gasteiger partial charge on any atom is -0.508 e. The number of non-ortho nitro benzene ring substituents is 1. The van der Waals surface area contributed by atoms with Crippen LogP contribution in [0.4, 0.5) is 11.4 Å². The molecule has 1 amide bonds. The highest BCUT2D eigenvalue weighted by Crippen LogP contribution is 2.22. The quantitative estimate of drug-likeness (QED) is 0.510. The number of nitrogens with zero attached hydrogens (tertiary/aromatic N) is 1. The lowest BCUT2D eigenvalue weighted by Gasteiger charge is -2.06. The molecule has 0 unspecified atom stereocenters. The fraction of sp³-hybridized carbons (Fsp3) is 0. The molecule has 0 atom stereocenters. The van der Waals surface area contributed by atoms with Gasteiger partial charge in [-0.2, -0.15) is 0 Å². The van der Waals surface area contributed by atoms with E-state index in [2.05, 4.69) is 21.2 Å². The highest BCUT2D eigenvalue weighted by atomic mass is 79.9. The highest BCUT2D eigenvalue weighted by molar-refractivity contribution is 9.10.